The number of rotatable bonds is 3. The Labute approximate surface area is 68.1 Å². The summed E-state index contributed by atoms with van der Waals surface area (Å²) in [6, 6.07) is 0. The smallest absolute Gasteiger partial charge is 0.0658 e. The summed E-state index contributed by atoms with van der Waals surface area (Å²) >= 11 is 3.30. The fraction of sp³-hybridized carbons (Fsp3) is 0.500. The third-order valence-electron chi connectivity index (χ3n) is 1.13. The van der Waals surface area contributed by atoms with Crippen molar-refractivity contribution in [2.75, 3.05) is 13.7 Å². The zero-order chi connectivity index (χ0) is 7.40. The average molecular weight is 205 g/mol. The molecule has 0 bridgehead atoms. The molecule has 1 rings (SSSR count). The second-order valence-electron chi connectivity index (χ2n) is 1.91. The highest BCUT2D eigenvalue weighted by Gasteiger charge is 1.92. The first kappa shape index (κ1) is 7.75. The average Bonchev–Trinajstić information content (AvgIpc) is 2.31. The van der Waals surface area contributed by atoms with Crippen LogP contribution in [0.3, 0.4) is 0 Å². The molecule has 0 radical (unpaired) electrons. The van der Waals surface area contributed by atoms with E-state index < -0.39 is 0 Å². The summed E-state index contributed by atoms with van der Waals surface area (Å²) in [6.07, 6.45) is 3.68. The summed E-state index contributed by atoms with van der Waals surface area (Å²) in [5.74, 6) is 0. The first-order valence-corrected chi connectivity index (χ1v) is 3.79. The molecule has 0 unspecified atom stereocenters. The topological polar surface area (TPSA) is 27.1 Å². The number of hydrogen-bond donors (Lipinski definition) is 0. The Kier molecular flexibility index (Phi) is 2.89. The highest BCUT2D eigenvalue weighted by Crippen LogP contribution is 2.05. The molecule has 0 aliphatic rings. The second-order valence-corrected chi connectivity index (χ2v) is 2.83. The minimum Gasteiger partial charge on any atom is -0.383 e. The van der Waals surface area contributed by atoms with Crippen LogP contribution < -0.4 is 0 Å². The van der Waals surface area contributed by atoms with Gasteiger partial charge >= 0.3 is 0 Å². The van der Waals surface area contributed by atoms with Crippen molar-refractivity contribution in [2.45, 2.75) is 6.54 Å². The highest BCUT2D eigenvalue weighted by molar-refractivity contribution is 9.10. The fourth-order valence-corrected chi connectivity index (χ4v) is 0.973. The van der Waals surface area contributed by atoms with Crippen molar-refractivity contribution in [3.63, 3.8) is 0 Å². The Morgan fingerprint density at radius 2 is 2.60 bits per heavy atom. The van der Waals surface area contributed by atoms with Crippen LogP contribution in [0.4, 0.5) is 0 Å². The van der Waals surface area contributed by atoms with E-state index in [1.165, 1.54) is 0 Å². The normalized spacial score (nSPS) is 10.2. The second kappa shape index (κ2) is 3.73. The largest absolute Gasteiger partial charge is 0.383 e. The number of methoxy groups -OCH3 is 1. The molecule has 0 atom stereocenters. The minimum atomic E-state index is 0.702. The van der Waals surface area contributed by atoms with Crippen molar-refractivity contribution in [3.05, 3.63) is 16.9 Å². The number of hydrogen-bond acceptors (Lipinski definition) is 2. The first-order valence-electron chi connectivity index (χ1n) is 3.00. The van der Waals surface area contributed by atoms with Gasteiger partial charge in [0.25, 0.3) is 0 Å². The third kappa shape index (κ3) is 2.11. The van der Waals surface area contributed by atoms with Crippen molar-refractivity contribution in [3.8, 4) is 0 Å². The van der Waals surface area contributed by atoms with Gasteiger partial charge in [-0.25, -0.2) is 0 Å². The van der Waals surface area contributed by atoms with Crippen LogP contribution in [0, 0.1) is 0 Å². The maximum absolute atomic E-state index is 4.88. The summed E-state index contributed by atoms with van der Waals surface area (Å²) in [7, 11) is 1.68. The fourth-order valence-electron chi connectivity index (χ4n) is 0.645. The predicted octanol–water partition coefficient (Wildman–Crippen LogP) is 1.29. The van der Waals surface area contributed by atoms with Crippen molar-refractivity contribution in [2.24, 2.45) is 0 Å². The van der Waals surface area contributed by atoms with Gasteiger partial charge in [0.15, 0.2) is 0 Å². The molecular weight excluding hydrogens is 196 g/mol. The quantitative estimate of drug-likeness (QED) is 0.743. The molecule has 0 saturated carbocycles. The molecule has 0 aliphatic heterocycles. The Bertz CT molecular complexity index is 199. The standard InChI is InChI=1S/C6H9BrN2O/c1-10-3-2-9-5-6(7)4-8-9/h4-5H,2-3H2,1H3. The van der Waals surface area contributed by atoms with Gasteiger partial charge in [-0.3, -0.25) is 4.68 Å². The van der Waals surface area contributed by atoms with Crippen LogP contribution in [0.2, 0.25) is 0 Å². The lowest BCUT2D eigenvalue weighted by atomic mass is 10.7. The summed E-state index contributed by atoms with van der Waals surface area (Å²) in [6.45, 7) is 1.51. The molecule has 0 aliphatic carbocycles. The van der Waals surface area contributed by atoms with Gasteiger partial charge in [0.05, 0.1) is 23.8 Å². The van der Waals surface area contributed by atoms with E-state index in [1.54, 1.807) is 13.3 Å². The van der Waals surface area contributed by atoms with Crippen molar-refractivity contribution < 1.29 is 4.74 Å². The molecule has 56 valence electrons. The van der Waals surface area contributed by atoms with Gasteiger partial charge in [-0.05, 0) is 15.9 Å². The number of halogens is 1. The van der Waals surface area contributed by atoms with Crippen LogP contribution in [0.5, 0.6) is 0 Å². The molecule has 1 aromatic heterocycles. The van der Waals surface area contributed by atoms with Gasteiger partial charge in [0, 0.05) is 13.3 Å². The van der Waals surface area contributed by atoms with Crippen molar-refractivity contribution in [1.29, 1.82) is 0 Å². The van der Waals surface area contributed by atoms with Crippen LogP contribution in [0.25, 0.3) is 0 Å². The van der Waals surface area contributed by atoms with E-state index in [0.29, 0.717) is 6.61 Å². The molecule has 4 heteroatoms. The number of aromatic nitrogens is 2. The van der Waals surface area contributed by atoms with E-state index in [1.807, 2.05) is 10.9 Å². The predicted molar refractivity (Wildman–Crippen MR) is 41.8 cm³/mol. The molecular formula is C6H9BrN2O. The molecule has 0 spiro atoms. The molecule has 1 heterocycles. The van der Waals surface area contributed by atoms with Gasteiger partial charge in [0.2, 0.25) is 0 Å². The summed E-state index contributed by atoms with van der Waals surface area (Å²) in [5.41, 5.74) is 0. The molecule has 1 aromatic rings. The zero-order valence-electron chi connectivity index (χ0n) is 5.75. The number of nitrogens with zero attached hydrogens (tertiary/aromatic N) is 2. The Morgan fingerprint density at radius 3 is 3.10 bits per heavy atom. The van der Waals surface area contributed by atoms with Gasteiger partial charge in [0.1, 0.15) is 0 Å². The lowest BCUT2D eigenvalue weighted by Crippen LogP contribution is -2.03. The maximum Gasteiger partial charge on any atom is 0.0658 e. The van der Waals surface area contributed by atoms with Gasteiger partial charge < -0.3 is 4.74 Å². The van der Waals surface area contributed by atoms with Crippen LogP contribution >= 0.6 is 15.9 Å². The third-order valence-corrected chi connectivity index (χ3v) is 1.54. The Morgan fingerprint density at radius 1 is 1.80 bits per heavy atom. The van der Waals surface area contributed by atoms with Gasteiger partial charge in [-0.15, -0.1) is 0 Å². The van der Waals surface area contributed by atoms with E-state index in [4.69, 9.17) is 4.74 Å². The van der Waals surface area contributed by atoms with E-state index >= 15 is 0 Å². The van der Waals surface area contributed by atoms with Crippen molar-refractivity contribution >= 4 is 15.9 Å². The van der Waals surface area contributed by atoms with Crippen LogP contribution in [-0.4, -0.2) is 23.5 Å². The molecule has 0 fully saturated rings. The van der Waals surface area contributed by atoms with Gasteiger partial charge in [-0.2, -0.15) is 5.10 Å². The summed E-state index contributed by atoms with van der Waals surface area (Å²) in [4.78, 5) is 0. The van der Waals surface area contributed by atoms with E-state index in [9.17, 15) is 0 Å². The Hall–Kier alpha value is -0.350. The van der Waals surface area contributed by atoms with E-state index in [2.05, 4.69) is 21.0 Å². The summed E-state index contributed by atoms with van der Waals surface area (Å²) < 4.78 is 7.71. The Balaban J connectivity index is 2.42. The maximum atomic E-state index is 4.88. The van der Waals surface area contributed by atoms with Gasteiger partial charge in [-0.1, -0.05) is 0 Å². The molecule has 10 heavy (non-hydrogen) atoms. The molecule has 0 amide bonds. The molecule has 0 saturated heterocycles. The SMILES string of the molecule is COCCn1cc(Br)cn1. The van der Waals surface area contributed by atoms with E-state index in [0.717, 1.165) is 11.0 Å². The summed E-state index contributed by atoms with van der Waals surface area (Å²) in [5, 5.41) is 4.04. The minimum absolute atomic E-state index is 0.702. The molecule has 0 aromatic carbocycles. The molecule has 0 N–H and O–H groups in total. The van der Waals surface area contributed by atoms with Crippen LogP contribution in [-0.2, 0) is 11.3 Å². The van der Waals surface area contributed by atoms with Crippen molar-refractivity contribution in [1.82, 2.24) is 9.78 Å². The zero-order valence-corrected chi connectivity index (χ0v) is 7.34. The molecule has 3 nitrogen and oxygen atoms in total. The first-order chi connectivity index (χ1) is 4.83. The highest BCUT2D eigenvalue weighted by atomic mass is 79.9. The number of ether oxygens (including phenoxy) is 1. The van der Waals surface area contributed by atoms with Crippen LogP contribution in [0.15, 0.2) is 16.9 Å². The monoisotopic (exact) mass is 204 g/mol. The lowest BCUT2D eigenvalue weighted by molar-refractivity contribution is 0.183. The van der Waals surface area contributed by atoms with Crippen LogP contribution in [0.1, 0.15) is 0 Å². The van der Waals surface area contributed by atoms with E-state index in [-0.39, 0.29) is 0 Å². The lowest BCUT2D eigenvalue weighted by Gasteiger charge is -1.97.